The number of hydrogen-bond acceptors (Lipinski definition) is 4. The highest BCUT2D eigenvalue weighted by Crippen LogP contribution is 2.05. The maximum absolute atomic E-state index is 4.47. The molecule has 2 heterocycles. The summed E-state index contributed by atoms with van der Waals surface area (Å²) in [6, 6.07) is 3.86. The van der Waals surface area contributed by atoms with Crippen molar-refractivity contribution >= 4 is 11.5 Å². The standard InChI is InChI=1S/C13H21N5/c1-3-17(4-2)10-5-8-14-12-7-11-18-13(16-12)6-9-15-18/h6-7,9,11H,3-5,8,10H2,1-2H3,(H,14,16). The highest BCUT2D eigenvalue weighted by Gasteiger charge is 2.00. The fourth-order valence-corrected chi connectivity index (χ4v) is 1.97. The van der Waals surface area contributed by atoms with Crippen LogP contribution in [0.25, 0.3) is 5.65 Å². The van der Waals surface area contributed by atoms with Gasteiger partial charge in [-0.3, -0.25) is 0 Å². The number of nitrogens with zero attached hydrogens (tertiary/aromatic N) is 4. The lowest BCUT2D eigenvalue weighted by Gasteiger charge is -2.17. The highest BCUT2D eigenvalue weighted by atomic mass is 15.2. The lowest BCUT2D eigenvalue weighted by Crippen LogP contribution is -2.25. The van der Waals surface area contributed by atoms with E-state index in [-0.39, 0.29) is 0 Å². The van der Waals surface area contributed by atoms with Gasteiger partial charge in [0.25, 0.3) is 0 Å². The molecule has 0 aliphatic rings. The highest BCUT2D eigenvalue weighted by molar-refractivity contribution is 5.45. The zero-order chi connectivity index (χ0) is 12.8. The van der Waals surface area contributed by atoms with Gasteiger partial charge in [-0.05, 0) is 32.1 Å². The molecule has 0 aromatic carbocycles. The van der Waals surface area contributed by atoms with E-state index in [4.69, 9.17) is 0 Å². The van der Waals surface area contributed by atoms with Crippen LogP contribution in [0.15, 0.2) is 24.5 Å². The summed E-state index contributed by atoms with van der Waals surface area (Å²) in [7, 11) is 0. The summed E-state index contributed by atoms with van der Waals surface area (Å²) in [5, 5.41) is 7.47. The lowest BCUT2D eigenvalue weighted by molar-refractivity contribution is 0.303. The van der Waals surface area contributed by atoms with Gasteiger partial charge < -0.3 is 10.2 Å². The van der Waals surface area contributed by atoms with Gasteiger partial charge in [-0.25, -0.2) is 9.50 Å². The quantitative estimate of drug-likeness (QED) is 0.759. The Hall–Kier alpha value is -1.62. The van der Waals surface area contributed by atoms with Crippen LogP contribution >= 0.6 is 0 Å². The van der Waals surface area contributed by atoms with Crippen molar-refractivity contribution in [3.05, 3.63) is 24.5 Å². The monoisotopic (exact) mass is 247 g/mol. The fraction of sp³-hybridized carbons (Fsp3) is 0.538. The molecule has 0 unspecified atom stereocenters. The van der Waals surface area contributed by atoms with Gasteiger partial charge in [-0.1, -0.05) is 13.8 Å². The Balaban J connectivity index is 1.79. The Kier molecular flexibility index (Phi) is 4.52. The fourth-order valence-electron chi connectivity index (χ4n) is 1.97. The zero-order valence-electron chi connectivity index (χ0n) is 11.1. The molecule has 0 bridgehead atoms. The van der Waals surface area contributed by atoms with Crippen LogP contribution in [0.2, 0.25) is 0 Å². The van der Waals surface area contributed by atoms with Gasteiger partial charge in [-0.15, -0.1) is 0 Å². The summed E-state index contributed by atoms with van der Waals surface area (Å²) in [6.45, 7) is 8.73. The summed E-state index contributed by atoms with van der Waals surface area (Å²) >= 11 is 0. The van der Waals surface area contributed by atoms with Crippen molar-refractivity contribution in [3.8, 4) is 0 Å². The van der Waals surface area contributed by atoms with Gasteiger partial charge in [0, 0.05) is 18.8 Å². The normalized spacial score (nSPS) is 11.3. The van der Waals surface area contributed by atoms with Gasteiger partial charge in [0.2, 0.25) is 0 Å². The summed E-state index contributed by atoms with van der Waals surface area (Å²) in [5.41, 5.74) is 0.878. The number of anilines is 1. The molecule has 0 aliphatic heterocycles. The van der Waals surface area contributed by atoms with Gasteiger partial charge in [-0.2, -0.15) is 5.10 Å². The zero-order valence-corrected chi connectivity index (χ0v) is 11.1. The molecule has 0 aliphatic carbocycles. The molecule has 0 fully saturated rings. The van der Waals surface area contributed by atoms with E-state index >= 15 is 0 Å². The van der Waals surface area contributed by atoms with E-state index in [0.29, 0.717) is 0 Å². The van der Waals surface area contributed by atoms with Crippen LogP contribution in [0.1, 0.15) is 20.3 Å². The molecule has 18 heavy (non-hydrogen) atoms. The van der Waals surface area contributed by atoms with Crippen molar-refractivity contribution in [2.45, 2.75) is 20.3 Å². The molecule has 2 aromatic rings. The molecule has 0 saturated heterocycles. The minimum absolute atomic E-state index is 0.878. The third kappa shape index (κ3) is 3.20. The van der Waals surface area contributed by atoms with E-state index in [1.807, 2.05) is 18.3 Å². The van der Waals surface area contributed by atoms with Gasteiger partial charge in [0.1, 0.15) is 5.82 Å². The molecule has 0 saturated carbocycles. The molecular formula is C13H21N5. The van der Waals surface area contributed by atoms with Crippen LogP contribution in [-0.4, -0.2) is 45.7 Å². The molecule has 98 valence electrons. The van der Waals surface area contributed by atoms with Crippen molar-refractivity contribution in [1.82, 2.24) is 19.5 Å². The third-order valence-corrected chi connectivity index (χ3v) is 3.11. The average molecular weight is 247 g/mol. The molecule has 1 N–H and O–H groups in total. The van der Waals surface area contributed by atoms with Crippen LogP contribution in [0.3, 0.4) is 0 Å². The molecule has 5 nitrogen and oxygen atoms in total. The SMILES string of the molecule is CCN(CC)CCCNc1ccn2nccc2n1. The Morgan fingerprint density at radius 1 is 1.28 bits per heavy atom. The second-order valence-electron chi connectivity index (χ2n) is 4.25. The van der Waals surface area contributed by atoms with E-state index in [2.05, 4.69) is 34.1 Å². The van der Waals surface area contributed by atoms with Crippen molar-refractivity contribution in [3.63, 3.8) is 0 Å². The Bertz CT molecular complexity index is 475. The van der Waals surface area contributed by atoms with Crippen LogP contribution < -0.4 is 5.32 Å². The van der Waals surface area contributed by atoms with E-state index < -0.39 is 0 Å². The Morgan fingerprint density at radius 3 is 2.89 bits per heavy atom. The molecule has 5 heteroatoms. The number of nitrogens with one attached hydrogen (secondary N) is 1. The van der Waals surface area contributed by atoms with Gasteiger partial charge >= 0.3 is 0 Å². The molecular weight excluding hydrogens is 226 g/mol. The first-order valence-corrected chi connectivity index (χ1v) is 6.60. The van der Waals surface area contributed by atoms with Crippen molar-refractivity contribution < 1.29 is 0 Å². The second-order valence-corrected chi connectivity index (χ2v) is 4.25. The minimum Gasteiger partial charge on any atom is -0.370 e. The number of fused-ring (bicyclic) bond motifs is 1. The summed E-state index contributed by atoms with van der Waals surface area (Å²) < 4.78 is 1.76. The first-order chi connectivity index (χ1) is 8.83. The smallest absolute Gasteiger partial charge is 0.157 e. The van der Waals surface area contributed by atoms with Crippen LogP contribution in [0.4, 0.5) is 5.82 Å². The van der Waals surface area contributed by atoms with E-state index in [1.54, 1.807) is 10.7 Å². The predicted molar refractivity (Wildman–Crippen MR) is 73.9 cm³/mol. The predicted octanol–water partition coefficient (Wildman–Crippen LogP) is 1.87. The second kappa shape index (κ2) is 6.35. The average Bonchev–Trinajstić information content (AvgIpc) is 2.86. The summed E-state index contributed by atoms with van der Waals surface area (Å²) in [4.78, 5) is 6.89. The van der Waals surface area contributed by atoms with Crippen LogP contribution in [-0.2, 0) is 0 Å². The van der Waals surface area contributed by atoms with Crippen LogP contribution in [0.5, 0.6) is 0 Å². The van der Waals surface area contributed by atoms with E-state index in [0.717, 1.165) is 44.1 Å². The van der Waals surface area contributed by atoms with Gasteiger partial charge in [0.15, 0.2) is 5.65 Å². The maximum atomic E-state index is 4.47. The first kappa shape index (κ1) is 12.8. The van der Waals surface area contributed by atoms with Crippen molar-refractivity contribution in [2.24, 2.45) is 0 Å². The Morgan fingerprint density at radius 2 is 2.11 bits per heavy atom. The van der Waals surface area contributed by atoms with Gasteiger partial charge in [0.05, 0.1) is 6.20 Å². The molecule has 0 amide bonds. The molecule has 2 aromatic heterocycles. The maximum Gasteiger partial charge on any atom is 0.157 e. The number of aromatic nitrogens is 3. The van der Waals surface area contributed by atoms with E-state index in [1.165, 1.54) is 0 Å². The van der Waals surface area contributed by atoms with Crippen molar-refractivity contribution in [1.29, 1.82) is 0 Å². The molecule has 0 spiro atoms. The van der Waals surface area contributed by atoms with Crippen LogP contribution in [0, 0.1) is 0 Å². The number of rotatable bonds is 7. The summed E-state index contributed by atoms with van der Waals surface area (Å²) in [5.74, 6) is 0.919. The minimum atomic E-state index is 0.878. The lowest BCUT2D eigenvalue weighted by atomic mass is 10.3. The topological polar surface area (TPSA) is 45.5 Å². The largest absolute Gasteiger partial charge is 0.370 e. The molecule has 2 rings (SSSR count). The molecule has 0 atom stereocenters. The molecule has 0 radical (unpaired) electrons. The first-order valence-electron chi connectivity index (χ1n) is 6.60. The third-order valence-electron chi connectivity index (χ3n) is 3.11. The summed E-state index contributed by atoms with van der Waals surface area (Å²) in [6.07, 6.45) is 4.81. The van der Waals surface area contributed by atoms with E-state index in [9.17, 15) is 0 Å². The Labute approximate surface area is 108 Å². The number of hydrogen-bond donors (Lipinski definition) is 1. The van der Waals surface area contributed by atoms with Crippen molar-refractivity contribution in [2.75, 3.05) is 31.5 Å².